The van der Waals surface area contributed by atoms with Crippen molar-refractivity contribution < 1.29 is 19.1 Å². The quantitative estimate of drug-likeness (QED) is 0.359. The van der Waals surface area contributed by atoms with Gasteiger partial charge in [0.15, 0.2) is 5.41 Å². The van der Waals surface area contributed by atoms with Gasteiger partial charge < -0.3 is 20.6 Å². The zero-order valence-corrected chi connectivity index (χ0v) is 12.4. The van der Waals surface area contributed by atoms with E-state index in [2.05, 4.69) is 0 Å². The summed E-state index contributed by atoms with van der Waals surface area (Å²) in [5, 5.41) is 7.33. The van der Waals surface area contributed by atoms with E-state index in [1.165, 1.54) is 13.0 Å². The molecular weight excluding hydrogens is 272 g/mol. The van der Waals surface area contributed by atoms with Crippen molar-refractivity contribution in [2.45, 2.75) is 26.2 Å². The summed E-state index contributed by atoms with van der Waals surface area (Å²) in [5.41, 5.74) is 5.34. The summed E-state index contributed by atoms with van der Waals surface area (Å²) in [6.45, 7) is 5.08. The van der Waals surface area contributed by atoms with Gasteiger partial charge in [0.2, 0.25) is 0 Å². The van der Waals surface area contributed by atoms with Gasteiger partial charge in [0.1, 0.15) is 0 Å². The van der Waals surface area contributed by atoms with Crippen molar-refractivity contribution in [3.8, 4) is 0 Å². The Morgan fingerprint density at radius 2 is 1.76 bits per heavy atom. The number of carbonyl (C=O) groups excluding carboxylic acids is 2. The number of hydrogen-bond acceptors (Lipinski definition) is 6. The van der Waals surface area contributed by atoms with Gasteiger partial charge in [-0.1, -0.05) is 6.07 Å². The van der Waals surface area contributed by atoms with Gasteiger partial charge >= 0.3 is 11.9 Å². The molecule has 1 rings (SSSR count). The molecule has 3 N–H and O–H groups in total. The fourth-order valence-corrected chi connectivity index (χ4v) is 1.88. The molecule has 1 aromatic carbocycles. The van der Waals surface area contributed by atoms with Crippen molar-refractivity contribution in [3.05, 3.63) is 29.3 Å². The van der Waals surface area contributed by atoms with E-state index in [0.29, 0.717) is 16.8 Å². The molecular formula is C15H20N2O4. The number of esters is 2. The highest BCUT2D eigenvalue weighted by Gasteiger charge is 2.46. The molecule has 0 unspecified atom stereocenters. The average molecular weight is 292 g/mol. The summed E-state index contributed by atoms with van der Waals surface area (Å²) in [4.78, 5) is 24.5. The fraction of sp³-hybridized carbons (Fsp3) is 0.400. The number of nitrogens with one attached hydrogen (secondary N) is 1. The van der Waals surface area contributed by atoms with E-state index in [1.807, 2.05) is 0 Å². The molecule has 21 heavy (non-hydrogen) atoms. The van der Waals surface area contributed by atoms with E-state index < -0.39 is 17.4 Å². The largest absolute Gasteiger partial charge is 0.465 e. The molecule has 0 aliphatic heterocycles. The first-order chi connectivity index (χ1) is 9.91. The smallest absolute Gasteiger partial charge is 0.327 e. The Balaban J connectivity index is 3.39. The molecule has 0 amide bonds. The third-order valence-corrected chi connectivity index (χ3v) is 3.19. The van der Waals surface area contributed by atoms with Crippen molar-refractivity contribution >= 4 is 23.8 Å². The summed E-state index contributed by atoms with van der Waals surface area (Å²) in [6.07, 6.45) is 1.07. The van der Waals surface area contributed by atoms with Crippen LogP contribution in [-0.2, 0) is 24.5 Å². The van der Waals surface area contributed by atoms with Crippen LogP contribution in [0.3, 0.4) is 0 Å². The van der Waals surface area contributed by atoms with Gasteiger partial charge in [-0.25, -0.2) is 0 Å². The first-order valence-corrected chi connectivity index (χ1v) is 6.66. The van der Waals surface area contributed by atoms with Crippen LogP contribution in [0.1, 0.15) is 31.9 Å². The summed E-state index contributed by atoms with van der Waals surface area (Å²) >= 11 is 0. The number of ether oxygens (including phenoxy) is 2. The van der Waals surface area contributed by atoms with Crippen molar-refractivity contribution in [1.29, 1.82) is 5.41 Å². The normalized spacial score (nSPS) is 10.8. The second-order valence-electron chi connectivity index (χ2n) is 4.55. The summed E-state index contributed by atoms with van der Waals surface area (Å²) in [5.74, 6) is -1.38. The van der Waals surface area contributed by atoms with Gasteiger partial charge in [-0.3, -0.25) is 9.59 Å². The molecule has 1 aromatic rings. The van der Waals surface area contributed by atoms with Crippen molar-refractivity contribution in [1.82, 2.24) is 0 Å². The van der Waals surface area contributed by atoms with Crippen LogP contribution in [0.15, 0.2) is 18.2 Å². The number of rotatable bonds is 6. The average Bonchev–Trinajstić information content (AvgIpc) is 2.47. The third kappa shape index (κ3) is 3.21. The summed E-state index contributed by atoms with van der Waals surface area (Å²) in [6, 6.07) is 4.64. The highest BCUT2D eigenvalue weighted by atomic mass is 16.6. The van der Waals surface area contributed by atoms with Crippen LogP contribution < -0.4 is 5.73 Å². The Kier molecular flexibility index (Phi) is 5.46. The molecule has 6 nitrogen and oxygen atoms in total. The van der Waals surface area contributed by atoms with Crippen molar-refractivity contribution in [3.63, 3.8) is 0 Å². The maximum Gasteiger partial charge on any atom is 0.327 e. The molecule has 114 valence electrons. The SMILES string of the molecule is CCOC(=O)C(C)(C(=O)OCC)c1ccc(N)c(C=N)c1. The van der Waals surface area contributed by atoms with Crippen LogP contribution in [0, 0.1) is 5.41 Å². The van der Waals surface area contributed by atoms with E-state index in [0.717, 1.165) is 6.21 Å². The number of benzene rings is 1. The molecule has 0 aliphatic rings. The highest BCUT2D eigenvalue weighted by molar-refractivity contribution is 6.06. The zero-order chi connectivity index (χ0) is 16.0. The predicted octanol–water partition coefficient (Wildman–Crippen LogP) is 1.65. The third-order valence-electron chi connectivity index (χ3n) is 3.19. The van der Waals surface area contributed by atoms with Gasteiger partial charge in [0.25, 0.3) is 0 Å². The molecule has 0 saturated carbocycles. The molecule has 6 heteroatoms. The minimum absolute atomic E-state index is 0.153. The van der Waals surface area contributed by atoms with Gasteiger partial charge in [0, 0.05) is 17.5 Å². The minimum Gasteiger partial charge on any atom is -0.465 e. The fourth-order valence-electron chi connectivity index (χ4n) is 1.88. The number of anilines is 1. The molecule has 0 spiro atoms. The second kappa shape index (κ2) is 6.88. The molecule has 0 atom stereocenters. The molecule has 0 aromatic heterocycles. The lowest BCUT2D eigenvalue weighted by molar-refractivity contribution is -0.163. The number of hydrogen-bond donors (Lipinski definition) is 2. The van der Waals surface area contributed by atoms with Crippen LogP contribution >= 0.6 is 0 Å². The predicted molar refractivity (Wildman–Crippen MR) is 79.4 cm³/mol. The first-order valence-electron chi connectivity index (χ1n) is 6.66. The molecule has 0 saturated heterocycles. The maximum atomic E-state index is 12.3. The van der Waals surface area contributed by atoms with Gasteiger partial charge in [-0.15, -0.1) is 0 Å². The van der Waals surface area contributed by atoms with Crippen LogP contribution in [0.5, 0.6) is 0 Å². The summed E-state index contributed by atoms with van der Waals surface area (Å²) in [7, 11) is 0. The molecule has 0 aliphatic carbocycles. The molecule has 0 bridgehead atoms. The van der Waals surface area contributed by atoms with E-state index in [9.17, 15) is 9.59 Å². The van der Waals surface area contributed by atoms with Crippen molar-refractivity contribution in [2.75, 3.05) is 18.9 Å². The van der Waals surface area contributed by atoms with E-state index in [-0.39, 0.29) is 13.2 Å². The van der Waals surface area contributed by atoms with E-state index in [1.54, 1.807) is 26.0 Å². The number of nitrogen functional groups attached to an aromatic ring is 1. The minimum atomic E-state index is -1.59. The molecule has 0 fully saturated rings. The van der Waals surface area contributed by atoms with Crippen LogP contribution in [-0.4, -0.2) is 31.4 Å². The van der Waals surface area contributed by atoms with Crippen LogP contribution in [0.4, 0.5) is 5.69 Å². The lowest BCUT2D eigenvalue weighted by Gasteiger charge is -2.26. The van der Waals surface area contributed by atoms with E-state index >= 15 is 0 Å². The monoisotopic (exact) mass is 292 g/mol. The standard InChI is InChI=1S/C15H20N2O4/c1-4-20-13(18)15(3,14(19)21-5-2)11-6-7-12(17)10(8-11)9-16/h6-9,16H,4-5,17H2,1-3H3. The van der Waals surface area contributed by atoms with Crippen molar-refractivity contribution in [2.24, 2.45) is 0 Å². The van der Waals surface area contributed by atoms with Crippen LogP contribution in [0.2, 0.25) is 0 Å². The summed E-state index contributed by atoms with van der Waals surface area (Å²) < 4.78 is 10.0. The lowest BCUT2D eigenvalue weighted by atomic mass is 9.81. The Hall–Kier alpha value is -2.37. The van der Waals surface area contributed by atoms with Gasteiger partial charge in [0.05, 0.1) is 13.2 Å². The zero-order valence-electron chi connectivity index (χ0n) is 12.4. The lowest BCUT2D eigenvalue weighted by Crippen LogP contribution is -2.43. The first kappa shape index (κ1) is 16.7. The molecule has 0 radical (unpaired) electrons. The van der Waals surface area contributed by atoms with E-state index in [4.69, 9.17) is 20.6 Å². The highest BCUT2D eigenvalue weighted by Crippen LogP contribution is 2.29. The molecule has 0 heterocycles. The Morgan fingerprint density at radius 1 is 1.24 bits per heavy atom. The number of carbonyl (C=O) groups is 2. The second-order valence-corrected chi connectivity index (χ2v) is 4.55. The Bertz CT molecular complexity index is 537. The Morgan fingerprint density at radius 3 is 2.19 bits per heavy atom. The van der Waals surface area contributed by atoms with Gasteiger partial charge in [-0.05, 0) is 38.5 Å². The topological polar surface area (TPSA) is 102 Å². The van der Waals surface area contributed by atoms with Gasteiger partial charge in [-0.2, -0.15) is 0 Å². The Labute approximate surface area is 123 Å². The van der Waals surface area contributed by atoms with Crippen LogP contribution in [0.25, 0.3) is 0 Å². The maximum absolute atomic E-state index is 12.3. The number of nitrogens with two attached hydrogens (primary N) is 1.